The fourth-order valence-electron chi connectivity index (χ4n) is 3.18. The molecule has 0 saturated heterocycles. The number of ether oxygens (including phenoxy) is 1. The van der Waals surface area contributed by atoms with Crippen LogP contribution in [0.25, 0.3) is 11.1 Å². The molecule has 1 N–H and O–H groups in total. The van der Waals surface area contributed by atoms with Gasteiger partial charge in [-0.25, -0.2) is 0 Å². The van der Waals surface area contributed by atoms with E-state index in [2.05, 4.69) is 5.32 Å². The van der Waals surface area contributed by atoms with Gasteiger partial charge >= 0.3 is 0 Å². The van der Waals surface area contributed by atoms with Crippen LogP contribution < -0.4 is 10.1 Å². The monoisotopic (exact) mass is 388 g/mol. The predicted octanol–water partition coefficient (Wildman–Crippen LogP) is 5.21. The highest BCUT2D eigenvalue weighted by atomic mass is 16.5. The lowest BCUT2D eigenvalue weighted by molar-refractivity contribution is -0.120. The third-order valence-electron chi connectivity index (χ3n) is 4.98. The summed E-state index contributed by atoms with van der Waals surface area (Å²) in [4.78, 5) is 14.9. The van der Waals surface area contributed by atoms with Gasteiger partial charge in [0.05, 0.1) is 12.6 Å². The summed E-state index contributed by atoms with van der Waals surface area (Å²) in [6.45, 7) is 5.23. The molecular formula is C25H28N2O2. The van der Waals surface area contributed by atoms with Crippen LogP contribution in [-0.2, 0) is 11.3 Å². The van der Waals surface area contributed by atoms with Crippen LogP contribution in [0.5, 0.6) is 5.75 Å². The summed E-state index contributed by atoms with van der Waals surface area (Å²) in [6, 6.07) is 25.7. The standard InChI is InChI=1S/C25H28N2O2/c1-4-29-22-16-14-20(15-17-22)18-27(3)19(2)25(28)26-24-13-9-8-12-23(24)21-10-6-5-7-11-21/h5-17,19H,4,18H2,1-3H3,(H,26,28). The average molecular weight is 389 g/mol. The number of para-hydroxylation sites is 1. The maximum absolute atomic E-state index is 12.9. The molecule has 0 aliphatic heterocycles. The van der Waals surface area contributed by atoms with Gasteiger partial charge in [0.2, 0.25) is 5.91 Å². The molecule has 3 rings (SSSR count). The summed E-state index contributed by atoms with van der Waals surface area (Å²) in [6.07, 6.45) is 0. The first-order valence-corrected chi connectivity index (χ1v) is 9.95. The lowest BCUT2D eigenvalue weighted by atomic mass is 10.0. The number of nitrogens with zero attached hydrogens (tertiary/aromatic N) is 1. The van der Waals surface area contributed by atoms with Crippen molar-refractivity contribution in [3.05, 3.63) is 84.4 Å². The van der Waals surface area contributed by atoms with Crippen LogP contribution in [0.15, 0.2) is 78.9 Å². The van der Waals surface area contributed by atoms with E-state index in [4.69, 9.17) is 4.74 Å². The van der Waals surface area contributed by atoms with Crippen molar-refractivity contribution in [3.63, 3.8) is 0 Å². The second kappa shape index (κ2) is 9.89. The Bertz CT molecular complexity index is 923. The van der Waals surface area contributed by atoms with Crippen molar-refractivity contribution in [2.24, 2.45) is 0 Å². The van der Waals surface area contributed by atoms with Gasteiger partial charge in [0.1, 0.15) is 5.75 Å². The summed E-state index contributed by atoms with van der Waals surface area (Å²) < 4.78 is 5.49. The first-order chi connectivity index (χ1) is 14.1. The summed E-state index contributed by atoms with van der Waals surface area (Å²) >= 11 is 0. The second-order valence-electron chi connectivity index (χ2n) is 7.07. The molecule has 0 aliphatic carbocycles. The van der Waals surface area contributed by atoms with Crippen molar-refractivity contribution < 1.29 is 9.53 Å². The molecule has 0 radical (unpaired) electrons. The van der Waals surface area contributed by atoms with Gasteiger partial charge in [-0.3, -0.25) is 9.69 Å². The van der Waals surface area contributed by atoms with Gasteiger partial charge in [0, 0.05) is 17.8 Å². The van der Waals surface area contributed by atoms with E-state index in [0.29, 0.717) is 13.2 Å². The largest absolute Gasteiger partial charge is 0.494 e. The molecule has 0 heterocycles. The van der Waals surface area contributed by atoms with Crippen LogP contribution in [0.1, 0.15) is 19.4 Å². The number of carbonyl (C=O) groups is 1. The maximum Gasteiger partial charge on any atom is 0.241 e. The molecule has 3 aromatic rings. The summed E-state index contributed by atoms with van der Waals surface area (Å²) in [5, 5.41) is 3.10. The minimum atomic E-state index is -0.273. The highest BCUT2D eigenvalue weighted by Gasteiger charge is 2.19. The third-order valence-corrected chi connectivity index (χ3v) is 4.98. The molecular weight excluding hydrogens is 360 g/mol. The molecule has 29 heavy (non-hydrogen) atoms. The zero-order valence-electron chi connectivity index (χ0n) is 17.3. The topological polar surface area (TPSA) is 41.6 Å². The Morgan fingerprint density at radius 1 is 0.966 bits per heavy atom. The van der Waals surface area contributed by atoms with Crippen LogP contribution in [0.4, 0.5) is 5.69 Å². The van der Waals surface area contributed by atoms with Crippen LogP contribution in [0.2, 0.25) is 0 Å². The number of nitrogens with one attached hydrogen (secondary N) is 1. The molecule has 0 bridgehead atoms. The SMILES string of the molecule is CCOc1ccc(CN(C)C(C)C(=O)Nc2ccccc2-c2ccccc2)cc1. The molecule has 0 saturated carbocycles. The molecule has 0 aliphatic rings. The van der Waals surface area contributed by atoms with Crippen molar-refractivity contribution in [3.8, 4) is 16.9 Å². The van der Waals surface area contributed by atoms with Gasteiger partial charge in [-0.1, -0.05) is 60.7 Å². The molecule has 0 fully saturated rings. The highest BCUT2D eigenvalue weighted by molar-refractivity contribution is 5.98. The lowest BCUT2D eigenvalue weighted by Crippen LogP contribution is -2.39. The molecule has 150 valence electrons. The Hall–Kier alpha value is -3.11. The molecule has 4 heteroatoms. The van der Waals surface area contributed by atoms with E-state index < -0.39 is 0 Å². The molecule has 1 atom stereocenters. The number of hydrogen-bond donors (Lipinski definition) is 1. The van der Waals surface area contributed by atoms with Crippen LogP contribution in [0.3, 0.4) is 0 Å². The smallest absolute Gasteiger partial charge is 0.241 e. The van der Waals surface area contributed by atoms with Gasteiger partial charge in [-0.2, -0.15) is 0 Å². The molecule has 3 aromatic carbocycles. The van der Waals surface area contributed by atoms with Crippen molar-refractivity contribution in [2.45, 2.75) is 26.4 Å². The van der Waals surface area contributed by atoms with E-state index in [1.165, 1.54) is 0 Å². The van der Waals surface area contributed by atoms with E-state index >= 15 is 0 Å². The van der Waals surface area contributed by atoms with E-state index in [0.717, 1.165) is 28.1 Å². The Labute approximate surface area is 173 Å². The van der Waals surface area contributed by atoms with Crippen LogP contribution >= 0.6 is 0 Å². The fraction of sp³-hybridized carbons (Fsp3) is 0.240. The number of rotatable bonds is 8. The van der Waals surface area contributed by atoms with E-state index in [1.54, 1.807) is 0 Å². The molecule has 0 spiro atoms. The van der Waals surface area contributed by atoms with E-state index in [-0.39, 0.29) is 11.9 Å². The van der Waals surface area contributed by atoms with Crippen molar-refractivity contribution in [1.29, 1.82) is 0 Å². The fourth-order valence-corrected chi connectivity index (χ4v) is 3.18. The van der Waals surface area contributed by atoms with Gasteiger partial charge in [0.25, 0.3) is 0 Å². The predicted molar refractivity (Wildman–Crippen MR) is 119 cm³/mol. The molecule has 1 unspecified atom stereocenters. The maximum atomic E-state index is 12.9. The van der Waals surface area contributed by atoms with Gasteiger partial charge in [-0.15, -0.1) is 0 Å². The number of likely N-dealkylation sites (N-methyl/N-ethyl adjacent to an activating group) is 1. The number of benzene rings is 3. The first-order valence-electron chi connectivity index (χ1n) is 9.95. The number of hydrogen-bond acceptors (Lipinski definition) is 3. The Kier molecular flexibility index (Phi) is 7.04. The zero-order valence-corrected chi connectivity index (χ0v) is 17.3. The lowest BCUT2D eigenvalue weighted by Gasteiger charge is -2.24. The average Bonchev–Trinajstić information content (AvgIpc) is 2.75. The van der Waals surface area contributed by atoms with Crippen LogP contribution in [0, 0.1) is 0 Å². The quantitative estimate of drug-likeness (QED) is 0.576. The number of amides is 1. The molecule has 1 amide bonds. The normalized spacial score (nSPS) is 11.9. The van der Waals surface area contributed by atoms with Crippen molar-refractivity contribution in [2.75, 3.05) is 19.0 Å². The van der Waals surface area contributed by atoms with E-state index in [1.807, 2.05) is 105 Å². The Morgan fingerprint density at radius 3 is 2.31 bits per heavy atom. The molecule has 0 aromatic heterocycles. The van der Waals surface area contributed by atoms with E-state index in [9.17, 15) is 4.79 Å². The minimum Gasteiger partial charge on any atom is -0.494 e. The minimum absolute atomic E-state index is 0.0261. The van der Waals surface area contributed by atoms with Gasteiger partial charge < -0.3 is 10.1 Å². The first kappa shape index (κ1) is 20.6. The summed E-state index contributed by atoms with van der Waals surface area (Å²) in [7, 11) is 1.96. The van der Waals surface area contributed by atoms with Crippen molar-refractivity contribution >= 4 is 11.6 Å². The third kappa shape index (κ3) is 5.46. The highest BCUT2D eigenvalue weighted by Crippen LogP contribution is 2.27. The van der Waals surface area contributed by atoms with Crippen LogP contribution in [-0.4, -0.2) is 30.5 Å². The number of anilines is 1. The number of carbonyl (C=O) groups excluding carboxylic acids is 1. The Balaban J connectivity index is 1.66. The van der Waals surface area contributed by atoms with Gasteiger partial charge in [-0.05, 0) is 50.2 Å². The Morgan fingerprint density at radius 2 is 1.62 bits per heavy atom. The van der Waals surface area contributed by atoms with Gasteiger partial charge in [0.15, 0.2) is 0 Å². The molecule has 4 nitrogen and oxygen atoms in total. The van der Waals surface area contributed by atoms with Crippen molar-refractivity contribution in [1.82, 2.24) is 4.90 Å². The zero-order chi connectivity index (χ0) is 20.6. The summed E-state index contributed by atoms with van der Waals surface area (Å²) in [5.74, 6) is 0.837. The second-order valence-corrected chi connectivity index (χ2v) is 7.07. The summed E-state index contributed by atoms with van der Waals surface area (Å²) in [5.41, 5.74) is 4.06.